The van der Waals surface area contributed by atoms with E-state index in [4.69, 9.17) is 23.8 Å². The average molecular weight is 452 g/mol. The van der Waals surface area contributed by atoms with E-state index in [-0.39, 0.29) is 16.7 Å². The SMILES string of the molecule is CCC(N=C(N)N)[Si](O[Si](C)(C)C)(O[Si](C)(C)C)O[Si](C)(CC)C(C)(C)C. The number of rotatable bonds is 10. The normalized spacial score (nSPS) is 17.3. The van der Waals surface area contributed by atoms with Crippen LogP contribution in [0.4, 0.5) is 0 Å². The fourth-order valence-electron chi connectivity index (χ4n) is 2.79. The summed E-state index contributed by atoms with van der Waals surface area (Å²) in [6.45, 7) is 26.4. The van der Waals surface area contributed by atoms with Gasteiger partial charge in [-0.1, -0.05) is 34.6 Å². The molecule has 0 radical (unpaired) electrons. The molecular weight excluding hydrogens is 407 g/mol. The smallest absolute Gasteiger partial charge is 0.416 e. The monoisotopic (exact) mass is 451 g/mol. The summed E-state index contributed by atoms with van der Waals surface area (Å²) < 4.78 is 20.8. The van der Waals surface area contributed by atoms with E-state index in [1.54, 1.807) is 0 Å². The maximum atomic E-state index is 7.13. The molecule has 10 heteroatoms. The van der Waals surface area contributed by atoms with Crippen molar-refractivity contribution >= 4 is 39.7 Å². The highest BCUT2D eigenvalue weighted by Crippen LogP contribution is 2.43. The van der Waals surface area contributed by atoms with Gasteiger partial charge in [0.15, 0.2) is 30.9 Å². The zero-order valence-electron chi connectivity index (χ0n) is 19.8. The first-order valence-electron chi connectivity index (χ1n) is 10.00. The van der Waals surface area contributed by atoms with E-state index < -0.39 is 33.8 Å². The molecule has 0 aliphatic carbocycles. The van der Waals surface area contributed by atoms with Gasteiger partial charge in [-0.25, -0.2) is 4.99 Å². The van der Waals surface area contributed by atoms with Gasteiger partial charge in [0.2, 0.25) is 0 Å². The van der Waals surface area contributed by atoms with Crippen LogP contribution in [0.3, 0.4) is 0 Å². The number of hydrogen-bond acceptors (Lipinski definition) is 4. The van der Waals surface area contributed by atoms with Gasteiger partial charge >= 0.3 is 8.80 Å². The number of nitrogens with zero attached hydrogens (tertiary/aromatic N) is 1. The summed E-state index contributed by atoms with van der Waals surface area (Å²) in [4.78, 5) is 4.56. The molecule has 0 aromatic rings. The Morgan fingerprint density at radius 1 is 0.852 bits per heavy atom. The topological polar surface area (TPSA) is 92.1 Å². The van der Waals surface area contributed by atoms with Gasteiger partial charge in [-0.3, -0.25) is 0 Å². The molecule has 0 heterocycles. The zero-order chi connectivity index (χ0) is 21.9. The van der Waals surface area contributed by atoms with Crippen LogP contribution in [0.2, 0.25) is 56.9 Å². The van der Waals surface area contributed by atoms with Crippen LogP contribution in [0, 0.1) is 0 Å². The Kier molecular flexibility index (Phi) is 9.23. The van der Waals surface area contributed by atoms with Crippen molar-refractivity contribution in [2.24, 2.45) is 16.5 Å². The fraction of sp³-hybridized carbons (Fsp3) is 0.941. The van der Waals surface area contributed by atoms with Gasteiger partial charge in [-0.2, -0.15) is 0 Å². The van der Waals surface area contributed by atoms with Gasteiger partial charge < -0.3 is 23.8 Å². The lowest BCUT2D eigenvalue weighted by molar-refractivity contribution is 0.226. The number of aliphatic imine (C=N–C) groups is 1. The highest BCUT2D eigenvalue weighted by atomic mass is 28.5. The van der Waals surface area contributed by atoms with Crippen molar-refractivity contribution < 1.29 is 12.3 Å². The lowest BCUT2D eigenvalue weighted by atomic mass is 10.2. The van der Waals surface area contributed by atoms with E-state index in [1.165, 1.54) is 0 Å². The summed E-state index contributed by atoms with van der Waals surface area (Å²) >= 11 is 0. The number of guanidine groups is 1. The third kappa shape index (κ3) is 8.50. The Hall–Kier alpha value is 0.0175. The summed E-state index contributed by atoms with van der Waals surface area (Å²) in [5.74, 6) is 0.0660. The molecule has 0 spiro atoms. The second-order valence-corrected chi connectivity index (χ2v) is 27.9. The van der Waals surface area contributed by atoms with Gasteiger partial charge in [0, 0.05) is 0 Å². The molecule has 0 saturated carbocycles. The van der Waals surface area contributed by atoms with Crippen LogP contribution in [0.1, 0.15) is 41.0 Å². The molecular formula is C17H45N3O3Si4. The highest BCUT2D eigenvalue weighted by Gasteiger charge is 2.59. The first-order chi connectivity index (χ1) is 11.8. The molecule has 0 amide bonds. The van der Waals surface area contributed by atoms with Gasteiger partial charge in [-0.15, -0.1) is 0 Å². The van der Waals surface area contributed by atoms with Crippen molar-refractivity contribution in [3.63, 3.8) is 0 Å². The Morgan fingerprint density at radius 2 is 1.26 bits per heavy atom. The molecule has 162 valence electrons. The van der Waals surface area contributed by atoms with Crippen LogP contribution >= 0.6 is 0 Å². The minimum absolute atomic E-state index is 0.0435. The summed E-state index contributed by atoms with van der Waals surface area (Å²) in [6, 6.07) is 0.980. The largest absolute Gasteiger partial charge is 0.495 e. The Morgan fingerprint density at radius 3 is 1.48 bits per heavy atom. The van der Waals surface area contributed by atoms with Crippen LogP contribution in [0.15, 0.2) is 4.99 Å². The molecule has 0 aromatic carbocycles. The summed E-state index contributed by atoms with van der Waals surface area (Å²) in [5.41, 5.74) is 11.3. The van der Waals surface area contributed by atoms with Gasteiger partial charge in [0.05, 0.1) is 0 Å². The first kappa shape index (κ1) is 27.0. The standard InChI is InChI=1S/C17H45N3O3Si4/c1-13-15(20-16(18)19)27(21-24(6,7)8,22-25(9,10)11)23-26(12,14-2)17(3,4)5/h15H,13-14H2,1-12H3,(H4,18,19,20). The van der Waals surface area contributed by atoms with E-state index >= 15 is 0 Å². The maximum absolute atomic E-state index is 7.13. The van der Waals surface area contributed by atoms with E-state index in [9.17, 15) is 0 Å². The molecule has 4 N–H and O–H groups in total. The third-order valence-corrected chi connectivity index (χ3v) is 20.6. The van der Waals surface area contributed by atoms with Gasteiger partial charge in [-0.05, 0) is 63.3 Å². The quantitative estimate of drug-likeness (QED) is 0.287. The van der Waals surface area contributed by atoms with Gasteiger partial charge in [0.1, 0.15) is 5.67 Å². The van der Waals surface area contributed by atoms with Crippen molar-refractivity contribution in [3.05, 3.63) is 0 Å². The molecule has 0 aromatic heterocycles. The van der Waals surface area contributed by atoms with E-state index in [2.05, 4.69) is 85.4 Å². The van der Waals surface area contributed by atoms with Crippen molar-refractivity contribution in [2.75, 3.05) is 0 Å². The molecule has 6 nitrogen and oxygen atoms in total. The first-order valence-corrected chi connectivity index (χ1v) is 21.2. The average Bonchev–Trinajstić information content (AvgIpc) is 2.38. The van der Waals surface area contributed by atoms with Gasteiger partial charge in [0.25, 0.3) is 0 Å². The molecule has 0 fully saturated rings. The lowest BCUT2D eigenvalue weighted by Crippen LogP contribution is -2.68. The van der Waals surface area contributed by atoms with Crippen molar-refractivity contribution in [1.29, 1.82) is 0 Å². The van der Waals surface area contributed by atoms with E-state index in [1.807, 2.05) is 0 Å². The zero-order valence-corrected chi connectivity index (χ0v) is 23.8. The predicted molar refractivity (Wildman–Crippen MR) is 127 cm³/mol. The van der Waals surface area contributed by atoms with Crippen LogP contribution in [-0.2, 0) is 12.3 Å². The second kappa shape index (κ2) is 9.22. The van der Waals surface area contributed by atoms with Crippen LogP contribution in [0.5, 0.6) is 0 Å². The van der Waals surface area contributed by atoms with Crippen molar-refractivity contribution in [3.8, 4) is 0 Å². The van der Waals surface area contributed by atoms with Crippen molar-refractivity contribution in [1.82, 2.24) is 0 Å². The molecule has 27 heavy (non-hydrogen) atoms. The summed E-state index contributed by atoms with van der Waals surface area (Å²) in [7, 11) is -9.35. The molecule has 0 bridgehead atoms. The predicted octanol–water partition coefficient (Wildman–Crippen LogP) is 4.63. The highest BCUT2D eigenvalue weighted by molar-refractivity contribution is 6.91. The Balaban J connectivity index is 6.64. The third-order valence-electron chi connectivity index (χ3n) is 4.63. The minimum atomic E-state index is -3.19. The fourth-order valence-corrected chi connectivity index (χ4v) is 19.1. The number of hydrogen-bond donors (Lipinski definition) is 2. The summed E-state index contributed by atoms with van der Waals surface area (Å²) in [6.07, 6.45) is 0.720. The molecule has 2 atom stereocenters. The lowest BCUT2D eigenvalue weighted by Gasteiger charge is -2.50. The van der Waals surface area contributed by atoms with Crippen LogP contribution in [-0.4, -0.2) is 45.4 Å². The molecule has 0 saturated heterocycles. The van der Waals surface area contributed by atoms with E-state index in [0.29, 0.717) is 0 Å². The van der Waals surface area contributed by atoms with Crippen LogP contribution < -0.4 is 11.5 Å². The molecule has 0 aliphatic rings. The number of nitrogens with two attached hydrogens (primary N) is 2. The Bertz CT molecular complexity index is 493. The van der Waals surface area contributed by atoms with Crippen LogP contribution in [0.25, 0.3) is 0 Å². The molecule has 0 aliphatic heterocycles. The second-order valence-electron chi connectivity index (χ2n) is 10.4. The van der Waals surface area contributed by atoms with E-state index in [0.717, 1.165) is 12.5 Å². The summed E-state index contributed by atoms with van der Waals surface area (Å²) in [5, 5.41) is 0.0435. The van der Waals surface area contributed by atoms with Crippen molar-refractivity contribution in [2.45, 2.75) is 104 Å². The molecule has 2 unspecified atom stereocenters. The Labute approximate surface area is 172 Å². The molecule has 0 rings (SSSR count). The maximum Gasteiger partial charge on any atom is 0.495 e. The minimum Gasteiger partial charge on any atom is -0.416 e.